The molecule has 0 radical (unpaired) electrons. The SMILES string of the molecule is COc1ccc(CNc2ncc(C(=O)Nc3ccccc3N)s2)cc1. The van der Waals surface area contributed by atoms with Crippen LogP contribution < -0.4 is 21.1 Å². The van der Waals surface area contributed by atoms with Gasteiger partial charge < -0.3 is 21.1 Å². The summed E-state index contributed by atoms with van der Waals surface area (Å²) in [5.74, 6) is 0.588. The molecule has 1 aromatic heterocycles. The number of rotatable bonds is 6. The van der Waals surface area contributed by atoms with Crippen molar-refractivity contribution in [1.29, 1.82) is 0 Å². The first kappa shape index (κ1) is 16.8. The topological polar surface area (TPSA) is 89.3 Å². The minimum absolute atomic E-state index is 0.229. The first-order valence-corrected chi connectivity index (χ1v) is 8.46. The predicted molar refractivity (Wildman–Crippen MR) is 101 cm³/mol. The molecule has 128 valence electrons. The fraction of sp³-hybridized carbons (Fsp3) is 0.111. The standard InChI is InChI=1S/C18H18N4O2S/c1-24-13-8-6-12(7-9-13)10-20-18-21-11-16(25-18)17(23)22-15-5-3-2-4-14(15)19/h2-9,11H,10,19H2,1H3,(H,20,21)(H,22,23). The fourth-order valence-electron chi connectivity index (χ4n) is 2.18. The van der Waals surface area contributed by atoms with E-state index in [0.717, 1.165) is 11.3 Å². The van der Waals surface area contributed by atoms with E-state index < -0.39 is 0 Å². The van der Waals surface area contributed by atoms with Crippen LogP contribution in [0.1, 0.15) is 15.2 Å². The summed E-state index contributed by atoms with van der Waals surface area (Å²) in [7, 11) is 1.64. The van der Waals surface area contributed by atoms with E-state index in [1.807, 2.05) is 36.4 Å². The number of nitrogen functional groups attached to an aromatic ring is 1. The number of aromatic nitrogens is 1. The maximum absolute atomic E-state index is 12.3. The maximum atomic E-state index is 12.3. The number of nitrogens with one attached hydrogen (secondary N) is 2. The Kier molecular flexibility index (Phi) is 5.15. The normalized spacial score (nSPS) is 10.3. The fourth-order valence-corrected chi connectivity index (χ4v) is 2.88. The molecule has 0 bridgehead atoms. The van der Waals surface area contributed by atoms with Crippen molar-refractivity contribution in [3.8, 4) is 5.75 Å². The molecule has 3 rings (SSSR count). The van der Waals surface area contributed by atoms with Gasteiger partial charge >= 0.3 is 0 Å². The third-order valence-electron chi connectivity index (χ3n) is 3.54. The highest BCUT2D eigenvalue weighted by Crippen LogP contribution is 2.22. The zero-order chi connectivity index (χ0) is 17.6. The molecular formula is C18H18N4O2S. The number of carbonyl (C=O) groups is 1. The lowest BCUT2D eigenvalue weighted by atomic mass is 10.2. The number of anilines is 3. The predicted octanol–water partition coefficient (Wildman–Crippen LogP) is 3.60. The van der Waals surface area contributed by atoms with Crippen LogP contribution in [0.15, 0.2) is 54.7 Å². The third-order valence-corrected chi connectivity index (χ3v) is 4.50. The number of hydrogen-bond donors (Lipinski definition) is 3. The highest BCUT2D eigenvalue weighted by atomic mass is 32.1. The summed E-state index contributed by atoms with van der Waals surface area (Å²) in [5, 5.41) is 6.68. The minimum atomic E-state index is -0.229. The van der Waals surface area contributed by atoms with Crippen LogP contribution in [0.5, 0.6) is 5.75 Å². The zero-order valence-corrected chi connectivity index (χ0v) is 14.5. The van der Waals surface area contributed by atoms with Gasteiger partial charge in [-0.25, -0.2) is 4.98 Å². The number of nitrogens with two attached hydrogens (primary N) is 1. The van der Waals surface area contributed by atoms with Gasteiger partial charge in [0, 0.05) is 6.54 Å². The molecule has 4 N–H and O–H groups in total. The van der Waals surface area contributed by atoms with Gasteiger partial charge in [0.25, 0.3) is 5.91 Å². The number of carbonyl (C=O) groups excluding carboxylic acids is 1. The second kappa shape index (κ2) is 7.67. The molecule has 0 atom stereocenters. The van der Waals surface area contributed by atoms with Gasteiger partial charge in [-0.05, 0) is 29.8 Å². The largest absolute Gasteiger partial charge is 0.497 e. The van der Waals surface area contributed by atoms with Gasteiger partial charge in [0.15, 0.2) is 5.13 Å². The Hall–Kier alpha value is -3.06. The molecule has 0 aliphatic heterocycles. The molecule has 0 fully saturated rings. The first-order chi connectivity index (χ1) is 12.2. The Morgan fingerprint density at radius 2 is 1.96 bits per heavy atom. The summed E-state index contributed by atoms with van der Waals surface area (Å²) >= 11 is 1.29. The Balaban J connectivity index is 1.59. The monoisotopic (exact) mass is 354 g/mol. The van der Waals surface area contributed by atoms with E-state index in [0.29, 0.717) is 27.9 Å². The van der Waals surface area contributed by atoms with Gasteiger partial charge in [0.05, 0.1) is 24.7 Å². The van der Waals surface area contributed by atoms with Crippen LogP contribution in [0, 0.1) is 0 Å². The highest BCUT2D eigenvalue weighted by Gasteiger charge is 2.12. The lowest BCUT2D eigenvalue weighted by Crippen LogP contribution is -2.11. The highest BCUT2D eigenvalue weighted by molar-refractivity contribution is 7.17. The summed E-state index contributed by atoms with van der Waals surface area (Å²) < 4.78 is 5.13. The molecule has 25 heavy (non-hydrogen) atoms. The van der Waals surface area contributed by atoms with Gasteiger partial charge in [-0.3, -0.25) is 4.79 Å². The second-order valence-electron chi connectivity index (χ2n) is 5.27. The van der Waals surface area contributed by atoms with E-state index >= 15 is 0 Å². The number of para-hydroxylation sites is 2. The molecule has 0 saturated heterocycles. The molecular weight excluding hydrogens is 336 g/mol. The van der Waals surface area contributed by atoms with Gasteiger partial charge in [-0.15, -0.1) is 0 Å². The van der Waals surface area contributed by atoms with Gasteiger partial charge in [-0.2, -0.15) is 0 Å². The van der Waals surface area contributed by atoms with Crippen molar-refractivity contribution >= 4 is 33.8 Å². The van der Waals surface area contributed by atoms with Crippen molar-refractivity contribution in [3.63, 3.8) is 0 Å². The van der Waals surface area contributed by atoms with Crippen molar-refractivity contribution < 1.29 is 9.53 Å². The quantitative estimate of drug-likeness (QED) is 0.589. The molecule has 0 saturated carbocycles. The van der Waals surface area contributed by atoms with E-state index in [4.69, 9.17) is 10.5 Å². The van der Waals surface area contributed by atoms with Crippen molar-refractivity contribution in [1.82, 2.24) is 4.98 Å². The number of nitrogens with zero attached hydrogens (tertiary/aromatic N) is 1. The number of hydrogen-bond acceptors (Lipinski definition) is 6. The number of benzene rings is 2. The summed E-state index contributed by atoms with van der Waals surface area (Å²) in [5.41, 5.74) is 8.05. The lowest BCUT2D eigenvalue weighted by molar-refractivity contribution is 0.103. The van der Waals surface area contributed by atoms with Crippen LogP contribution in [0.3, 0.4) is 0 Å². The van der Waals surface area contributed by atoms with Crippen molar-refractivity contribution in [2.45, 2.75) is 6.54 Å². The van der Waals surface area contributed by atoms with Gasteiger partial charge in [0.2, 0.25) is 0 Å². The van der Waals surface area contributed by atoms with Crippen LogP contribution in [-0.2, 0) is 6.54 Å². The molecule has 0 spiro atoms. The van der Waals surface area contributed by atoms with Gasteiger partial charge in [-0.1, -0.05) is 35.6 Å². The Labute approximate surface area is 149 Å². The first-order valence-electron chi connectivity index (χ1n) is 7.64. The average Bonchev–Trinajstić information content (AvgIpc) is 3.11. The Morgan fingerprint density at radius 1 is 1.20 bits per heavy atom. The van der Waals surface area contributed by atoms with Crippen LogP contribution in [0.25, 0.3) is 0 Å². The Morgan fingerprint density at radius 3 is 2.68 bits per heavy atom. The summed E-state index contributed by atoms with van der Waals surface area (Å²) in [4.78, 5) is 17.0. The van der Waals surface area contributed by atoms with E-state index in [1.165, 1.54) is 11.3 Å². The number of methoxy groups -OCH3 is 1. The van der Waals surface area contributed by atoms with Crippen molar-refractivity contribution in [2.24, 2.45) is 0 Å². The van der Waals surface area contributed by atoms with Crippen LogP contribution in [0.4, 0.5) is 16.5 Å². The molecule has 6 nitrogen and oxygen atoms in total. The molecule has 2 aromatic carbocycles. The molecule has 0 aliphatic carbocycles. The summed E-state index contributed by atoms with van der Waals surface area (Å²) in [6.45, 7) is 0.615. The summed E-state index contributed by atoms with van der Waals surface area (Å²) in [6.07, 6.45) is 1.55. The molecule has 3 aromatic rings. The summed E-state index contributed by atoms with van der Waals surface area (Å²) in [6, 6.07) is 14.9. The van der Waals surface area contributed by atoms with Crippen molar-refractivity contribution in [2.75, 3.05) is 23.5 Å². The Bertz CT molecular complexity index is 862. The van der Waals surface area contributed by atoms with E-state index in [2.05, 4.69) is 15.6 Å². The van der Waals surface area contributed by atoms with E-state index in [9.17, 15) is 4.79 Å². The molecule has 1 amide bonds. The van der Waals surface area contributed by atoms with E-state index in [1.54, 1.807) is 25.4 Å². The number of thiazole rings is 1. The van der Waals surface area contributed by atoms with Crippen LogP contribution >= 0.6 is 11.3 Å². The second-order valence-corrected chi connectivity index (χ2v) is 6.30. The van der Waals surface area contributed by atoms with E-state index in [-0.39, 0.29) is 5.91 Å². The zero-order valence-electron chi connectivity index (χ0n) is 13.7. The smallest absolute Gasteiger partial charge is 0.267 e. The molecule has 0 unspecified atom stereocenters. The number of amides is 1. The number of ether oxygens (including phenoxy) is 1. The minimum Gasteiger partial charge on any atom is -0.497 e. The van der Waals surface area contributed by atoms with Crippen molar-refractivity contribution in [3.05, 3.63) is 65.2 Å². The van der Waals surface area contributed by atoms with Crippen LogP contribution in [-0.4, -0.2) is 18.0 Å². The third kappa shape index (κ3) is 4.27. The molecule has 0 aliphatic rings. The molecule has 7 heteroatoms. The molecule has 1 heterocycles. The van der Waals surface area contributed by atoms with Gasteiger partial charge in [0.1, 0.15) is 10.6 Å². The maximum Gasteiger partial charge on any atom is 0.267 e. The lowest BCUT2D eigenvalue weighted by Gasteiger charge is -2.06. The van der Waals surface area contributed by atoms with Crippen LogP contribution in [0.2, 0.25) is 0 Å². The average molecular weight is 354 g/mol.